The molecular weight excluding hydrogens is 262 g/mol. The summed E-state index contributed by atoms with van der Waals surface area (Å²) in [6, 6.07) is 7.95. The molecule has 1 N–H and O–H groups in total. The summed E-state index contributed by atoms with van der Waals surface area (Å²) in [4.78, 5) is 2.42. The van der Waals surface area contributed by atoms with Crippen molar-refractivity contribution < 1.29 is 9.84 Å². The van der Waals surface area contributed by atoms with Crippen molar-refractivity contribution >= 4 is 0 Å². The second-order valence-electron chi connectivity index (χ2n) is 7.54. The van der Waals surface area contributed by atoms with Gasteiger partial charge in [-0.3, -0.25) is 4.90 Å². The van der Waals surface area contributed by atoms with Crippen molar-refractivity contribution in [1.29, 1.82) is 0 Å². The maximum Gasteiger partial charge on any atom is 0.125 e. The Balaban J connectivity index is 1.67. The molecule has 116 valence electrons. The number of rotatable bonds is 1. The molecule has 2 atom stereocenters. The minimum atomic E-state index is -0.430. The van der Waals surface area contributed by atoms with Crippen LogP contribution in [0.1, 0.15) is 45.3 Å². The molecule has 2 heterocycles. The molecule has 2 aliphatic rings. The van der Waals surface area contributed by atoms with Gasteiger partial charge in [-0.25, -0.2) is 0 Å². The molecule has 0 aliphatic carbocycles. The Labute approximate surface area is 127 Å². The summed E-state index contributed by atoms with van der Waals surface area (Å²) in [7, 11) is 0. The van der Waals surface area contributed by atoms with E-state index in [2.05, 4.69) is 25.7 Å². The van der Waals surface area contributed by atoms with Crippen molar-refractivity contribution in [2.75, 3.05) is 19.7 Å². The highest BCUT2D eigenvalue weighted by Crippen LogP contribution is 2.38. The number of aliphatic hydroxyl groups is 1. The lowest BCUT2D eigenvalue weighted by Crippen LogP contribution is -2.50. The van der Waals surface area contributed by atoms with Crippen molar-refractivity contribution in [3.05, 3.63) is 29.8 Å². The maximum atomic E-state index is 10.7. The number of fused-ring (bicyclic) bond motifs is 1. The van der Waals surface area contributed by atoms with Crippen molar-refractivity contribution in [2.24, 2.45) is 11.3 Å². The molecule has 1 aromatic rings. The van der Waals surface area contributed by atoms with Crippen LogP contribution in [0.3, 0.4) is 0 Å². The highest BCUT2D eigenvalue weighted by Gasteiger charge is 2.37. The average Bonchev–Trinajstić information content (AvgIpc) is 2.47. The Bertz CT molecular complexity index is 486. The van der Waals surface area contributed by atoms with Gasteiger partial charge in [-0.05, 0) is 43.3 Å². The Kier molecular flexibility index (Phi) is 3.98. The molecule has 2 aliphatic heterocycles. The zero-order chi connectivity index (χ0) is 15.0. The van der Waals surface area contributed by atoms with E-state index < -0.39 is 6.10 Å². The van der Waals surface area contributed by atoms with E-state index >= 15 is 0 Å². The predicted molar refractivity (Wildman–Crippen MR) is 84.4 cm³/mol. The Morgan fingerprint density at radius 2 is 1.81 bits per heavy atom. The number of ether oxygens (including phenoxy) is 1. The van der Waals surface area contributed by atoms with Crippen molar-refractivity contribution in [3.8, 4) is 5.75 Å². The monoisotopic (exact) mass is 289 g/mol. The van der Waals surface area contributed by atoms with Gasteiger partial charge in [-0.2, -0.15) is 0 Å². The van der Waals surface area contributed by atoms with Crippen LogP contribution in [0.25, 0.3) is 0 Å². The number of piperidine rings is 1. The molecule has 3 nitrogen and oxygen atoms in total. The zero-order valence-electron chi connectivity index (χ0n) is 13.4. The lowest BCUT2D eigenvalue weighted by molar-refractivity contribution is -0.0195. The second-order valence-corrected chi connectivity index (χ2v) is 7.54. The molecule has 0 spiro atoms. The Hall–Kier alpha value is -1.06. The maximum absolute atomic E-state index is 10.7. The van der Waals surface area contributed by atoms with E-state index in [9.17, 15) is 5.11 Å². The van der Waals surface area contributed by atoms with Gasteiger partial charge in [0.05, 0.1) is 6.04 Å². The normalized spacial score (nSPS) is 28.0. The third kappa shape index (κ3) is 2.95. The first-order valence-electron chi connectivity index (χ1n) is 8.10. The summed E-state index contributed by atoms with van der Waals surface area (Å²) in [5, 5.41) is 10.7. The summed E-state index contributed by atoms with van der Waals surface area (Å²) in [5.41, 5.74) is 1.33. The van der Waals surface area contributed by atoms with E-state index in [0.717, 1.165) is 30.3 Å². The van der Waals surface area contributed by atoms with Gasteiger partial charge in [-0.1, -0.05) is 39.0 Å². The van der Waals surface area contributed by atoms with Gasteiger partial charge in [0, 0.05) is 5.56 Å². The fourth-order valence-electron chi connectivity index (χ4n) is 3.73. The van der Waals surface area contributed by atoms with Crippen LogP contribution < -0.4 is 4.74 Å². The van der Waals surface area contributed by atoms with Crippen molar-refractivity contribution in [1.82, 2.24) is 4.90 Å². The predicted octanol–water partition coefficient (Wildman–Crippen LogP) is 3.24. The van der Waals surface area contributed by atoms with E-state index in [4.69, 9.17) is 4.74 Å². The fourth-order valence-corrected chi connectivity index (χ4v) is 3.73. The molecule has 0 radical (unpaired) electrons. The Morgan fingerprint density at radius 3 is 2.48 bits per heavy atom. The van der Waals surface area contributed by atoms with Gasteiger partial charge in [-0.15, -0.1) is 0 Å². The summed E-state index contributed by atoms with van der Waals surface area (Å²) in [6.07, 6.45) is 2.00. The van der Waals surface area contributed by atoms with E-state index in [1.54, 1.807) is 0 Å². The van der Waals surface area contributed by atoms with Crippen molar-refractivity contribution in [2.45, 2.75) is 45.8 Å². The summed E-state index contributed by atoms with van der Waals surface area (Å²) < 4.78 is 5.85. The number of hydrogen-bond donors (Lipinski definition) is 1. The molecule has 1 saturated heterocycles. The van der Waals surface area contributed by atoms with Gasteiger partial charge >= 0.3 is 0 Å². The van der Waals surface area contributed by atoms with Crippen LogP contribution >= 0.6 is 0 Å². The number of aliphatic hydroxyl groups excluding tert-OH is 1. The van der Waals surface area contributed by atoms with Crippen LogP contribution in [0.15, 0.2) is 24.3 Å². The minimum absolute atomic E-state index is 0.0980. The average molecular weight is 289 g/mol. The topological polar surface area (TPSA) is 32.7 Å². The van der Waals surface area contributed by atoms with Crippen molar-refractivity contribution in [3.63, 3.8) is 0 Å². The first-order valence-corrected chi connectivity index (χ1v) is 8.10. The van der Waals surface area contributed by atoms with Crippen LogP contribution in [-0.2, 0) is 0 Å². The molecular formula is C18H27NO2. The lowest BCUT2D eigenvalue weighted by Gasteiger charge is -2.44. The van der Waals surface area contributed by atoms with E-state index in [1.165, 1.54) is 12.8 Å². The smallest absolute Gasteiger partial charge is 0.125 e. The zero-order valence-corrected chi connectivity index (χ0v) is 13.4. The first kappa shape index (κ1) is 14.9. The number of hydrogen-bond acceptors (Lipinski definition) is 3. The molecule has 21 heavy (non-hydrogen) atoms. The van der Waals surface area contributed by atoms with Crippen LogP contribution in [0.2, 0.25) is 0 Å². The van der Waals surface area contributed by atoms with E-state index in [-0.39, 0.29) is 6.04 Å². The molecule has 3 heteroatoms. The van der Waals surface area contributed by atoms with Crippen LogP contribution in [0.5, 0.6) is 5.75 Å². The molecule has 3 rings (SSSR count). The lowest BCUT2D eigenvalue weighted by atomic mass is 9.75. The highest BCUT2D eigenvalue weighted by atomic mass is 16.5. The number of para-hydroxylation sites is 1. The van der Waals surface area contributed by atoms with Crippen LogP contribution in [0.4, 0.5) is 0 Å². The number of nitrogens with zero attached hydrogens (tertiary/aromatic N) is 1. The Morgan fingerprint density at radius 1 is 1.14 bits per heavy atom. The van der Waals surface area contributed by atoms with Crippen LogP contribution in [-0.4, -0.2) is 35.7 Å². The highest BCUT2D eigenvalue weighted by molar-refractivity contribution is 5.37. The van der Waals surface area contributed by atoms with E-state index in [1.807, 2.05) is 24.3 Å². The van der Waals surface area contributed by atoms with Crippen LogP contribution in [0, 0.1) is 11.3 Å². The summed E-state index contributed by atoms with van der Waals surface area (Å²) in [6.45, 7) is 9.73. The number of likely N-dealkylation sites (tertiary alicyclic amines) is 1. The quantitative estimate of drug-likeness (QED) is 0.861. The minimum Gasteiger partial charge on any atom is -0.491 e. The molecule has 0 amide bonds. The van der Waals surface area contributed by atoms with E-state index in [0.29, 0.717) is 12.0 Å². The molecule has 1 fully saturated rings. The SMILES string of the molecule is CC(C)(C)C1CCN(C2COc3ccccc3C2O)CC1. The van der Waals surface area contributed by atoms with Gasteiger partial charge in [0.1, 0.15) is 18.5 Å². The summed E-state index contributed by atoms with van der Waals surface area (Å²) in [5.74, 6) is 1.62. The fraction of sp³-hybridized carbons (Fsp3) is 0.667. The third-order valence-corrected chi connectivity index (χ3v) is 5.24. The molecule has 0 saturated carbocycles. The summed E-state index contributed by atoms with van der Waals surface area (Å²) >= 11 is 0. The molecule has 1 aromatic carbocycles. The second kappa shape index (κ2) is 5.62. The van der Waals surface area contributed by atoms with Gasteiger partial charge in [0.25, 0.3) is 0 Å². The molecule has 0 bridgehead atoms. The first-order chi connectivity index (χ1) is 9.97. The molecule has 0 aromatic heterocycles. The van der Waals surface area contributed by atoms with Gasteiger partial charge in [0.15, 0.2) is 0 Å². The molecule has 2 unspecified atom stereocenters. The van der Waals surface area contributed by atoms with Gasteiger partial charge < -0.3 is 9.84 Å². The standard InChI is InChI=1S/C18H27NO2/c1-18(2,3)13-8-10-19(11-9-13)15-12-21-16-7-5-4-6-14(16)17(15)20/h4-7,13,15,17,20H,8-12H2,1-3H3. The number of benzene rings is 1. The largest absolute Gasteiger partial charge is 0.491 e. The van der Waals surface area contributed by atoms with Gasteiger partial charge in [0.2, 0.25) is 0 Å². The third-order valence-electron chi connectivity index (χ3n) is 5.24.